The van der Waals surface area contributed by atoms with E-state index in [1.54, 1.807) is 19.1 Å². The molecule has 0 fully saturated rings. The van der Waals surface area contributed by atoms with Crippen LogP contribution in [0.2, 0.25) is 0 Å². The first-order valence-corrected chi connectivity index (χ1v) is 8.70. The summed E-state index contributed by atoms with van der Waals surface area (Å²) in [7, 11) is 0. The van der Waals surface area contributed by atoms with Crippen LogP contribution in [0.4, 0.5) is 10.1 Å². The van der Waals surface area contributed by atoms with Crippen LogP contribution >= 0.6 is 0 Å². The van der Waals surface area contributed by atoms with E-state index in [4.69, 9.17) is 0 Å². The Hall–Kier alpha value is -2.69. The predicted octanol–water partition coefficient (Wildman–Crippen LogP) is 4.03. The van der Waals surface area contributed by atoms with Crippen molar-refractivity contribution in [1.82, 2.24) is 5.32 Å². The average Bonchev–Trinajstić information content (AvgIpc) is 2.62. The standard InChI is InChI=1S/C21H25FN2O2/c1-15(20(26)24-18-12-8-7-11-17(18)22)23-19(25)13-14-21(2,3)16-9-5-4-6-10-16/h4-12,15H,13-14H2,1-3H3,(H,23,25)(H,24,26). The van der Waals surface area contributed by atoms with E-state index in [2.05, 4.69) is 24.5 Å². The molecule has 1 unspecified atom stereocenters. The van der Waals surface area contributed by atoms with E-state index in [1.807, 2.05) is 30.3 Å². The zero-order chi connectivity index (χ0) is 19.2. The SMILES string of the molecule is CC(NC(=O)CCC(C)(C)c1ccccc1)C(=O)Nc1ccccc1F. The number of carbonyl (C=O) groups excluding carboxylic acids is 2. The summed E-state index contributed by atoms with van der Waals surface area (Å²) < 4.78 is 13.6. The normalized spacial score (nSPS) is 12.3. The summed E-state index contributed by atoms with van der Waals surface area (Å²) in [6.45, 7) is 5.75. The van der Waals surface area contributed by atoms with Crippen LogP contribution in [0.5, 0.6) is 0 Å². The van der Waals surface area contributed by atoms with Crippen molar-refractivity contribution in [3.63, 3.8) is 0 Å². The first kappa shape index (κ1) is 19.6. The van der Waals surface area contributed by atoms with E-state index >= 15 is 0 Å². The smallest absolute Gasteiger partial charge is 0.246 e. The highest BCUT2D eigenvalue weighted by atomic mass is 19.1. The van der Waals surface area contributed by atoms with E-state index < -0.39 is 17.8 Å². The number of nitrogens with one attached hydrogen (secondary N) is 2. The number of hydrogen-bond donors (Lipinski definition) is 2. The first-order chi connectivity index (χ1) is 12.3. The van der Waals surface area contributed by atoms with Gasteiger partial charge in [0.25, 0.3) is 0 Å². The van der Waals surface area contributed by atoms with Gasteiger partial charge in [-0.1, -0.05) is 56.3 Å². The van der Waals surface area contributed by atoms with Gasteiger partial charge in [-0.2, -0.15) is 0 Å². The Morgan fingerprint density at radius 1 is 1.04 bits per heavy atom. The summed E-state index contributed by atoms with van der Waals surface area (Å²) in [5.41, 5.74) is 1.12. The highest BCUT2D eigenvalue weighted by Crippen LogP contribution is 2.28. The molecule has 0 aliphatic carbocycles. The number of hydrogen-bond acceptors (Lipinski definition) is 2. The Labute approximate surface area is 153 Å². The Morgan fingerprint density at radius 2 is 1.65 bits per heavy atom. The van der Waals surface area contributed by atoms with E-state index in [-0.39, 0.29) is 17.0 Å². The number of carbonyl (C=O) groups is 2. The molecule has 0 radical (unpaired) electrons. The predicted molar refractivity (Wildman–Crippen MR) is 101 cm³/mol. The number of halogens is 1. The molecular weight excluding hydrogens is 331 g/mol. The highest BCUT2D eigenvalue weighted by molar-refractivity contribution is 5.96. The van der Waals surface area contributed by atoms with Crippen LogP contribution in [0.25, 0.3) is 0 Å². The second-order valence-corrected chi connectivity index (χ2v) is 7.01. The lowest BCUT2D eigenvalue weighted by Gasteiger charge is -2.25. The molecule has 138 valence electrons. The minimum absolute atomic E-state index is 0.101. The molecule has 0 heterocycles. The third kappa shape index (κ3) is 5.41. The van der Waals surface area contributed by atoms with Crippen LogP contribution in [0, 0.1) is 5.82 Å². The number of anilines is 1. The molecule has 2 aromatic rings. The lowest BCUT2D eigenvalue weighted by atomic mass is 9.80. The minimum Gasteiger partial charge on any atom is -0.345 e. The maximum absolute atomic E-state index is 13.6. The van der Waals surface area contributed by atoms with E-state index in [0.717, 1.165) is 5.56 Å². The van der Waals surface area contributed by atoms with Gasteiger partial charge in [-0.25, -0.2) is 4.39 Å². The molecule has 0 saturated carbocycles. The van der Waals surface area contributed by atoms with Gasteiger partial charge in [0.15, 0.2) is 0 Å². The summed E-state index contributed by atoms with van der Waals surface area (Å²) in [5.74, 6) is -1.17. The second-order valence-electron chi connectivity index (χ2n) is 7.01. The highest BCUT2D eigenvalue weighted by Gasteiger charge is 2.23. The monoisotopic (exact) mass is 356 g/mol. The molecule has 0 saturated heterocycles. The molecule has 2 aromatic carbocycles. The number of benzene rings is 2. The van der Waals surface area contributed by atoms with Crippen molar-refractivity contribution in [3.8, 4) is 0 Å². The molecule has 2 N–H and O–H groups in total. The quantitative estimate of drug-likeness (QED) is 0.787. The lowest BCUT2D eigenvalue weighted by Crippen LogP contribution is -2.42. The van der Waals surface area contributed by atoms with Gasteiger partial charge in [0, 0.05) is 6.42 Å². The van der Waals surface area contributed by atoms with Crippen LogP contribution in [-0.2, 0) is 15.0 Å². The van der Waals surface area contributed by atoms with Crippen molar-refractivity contribution in [3.05, 3.63) is 66.0 Å². The summed E-state index contributed by atoms with van der Waals surface area (Å²) in [4.78, 5) is 24.3. The lowest BCUT2D eigenvalue weighted by molar-refractivity contribution is -0.126. The maximum atomic E-state index is 13.6. The largest absolute Gasteiger partial charge is 0.345 e. The average molecular weight is 356 g/mol. The van der Waals surface area contributed by atoms with Crippen molar-refractivity contribution in [1.29, 1.82) is 0 Å². The van der Waals surface area contributed by atoms with Crippen LogP contribution < -0.4 is 10.6 Å². The molecule has 0 aliphatic rings. The van der Waals surface area contributed by atoms with E-state index in [0.29, 0.717) is 12.8 Å². The van der Waals surface area contributed by atoms with Gasteiger partial charge in [0.05, 0.1) is 5.69 Å². The van der Waals surface area contributed by atoms with Gasteiger partial charge >= 0.3 is 0 Å². The summed E-state index contributed by atoms with van der Waals surface area (Å²) in [5, 5.41) is 5.15. The Balaban J connectivity index is 1.85. The fourth-order valence-electron chi connectivity index (χ4n) is 2.64. The molecular formula is C21H25FN2O2. The molecule has 26 heavy (non-hydrogen) atoms. The fraction of sp³-hybridized carbons (Fsp3) is 0.333. The van der Waals surface area contributed by atoms with E-state index in [1.165, 1.54) is 12.1 Å². The van der Waals surface area contributed by atoms with Gasteiger partial charge in [0.1, 0.15) is 11.9 Å². The van der Waals surface area contributed by atoms with Crippen molar-refractivity contribution >= 4 is 17.5 Å². The minimum atomic E-state index is -0.748. The third-order valence-electron chi connectivity index (χ3n) is 4.43. The molecule has 0 aliphatic heterocycles. The summed E-state index contributed by atoms with van der Waals surface area (Å²) >= 11 is 0. The fourth-order valence-corrected chi connectivity index (χ4v) is 2.64. The van der Waals surface area contributed by atoms with Gasteiger partial charge < -0.3 is 10.6 Å². The van der Waals surface area contributed by atoms with Gasteiger partial charge in [0.2, 0.25) is 11.8 Å². The Morgan fingerprint density at radius 3 is 2.31 bits per heavy atom. The summed E-state index contributed by atoms with van der Waals surface area (Å²) in [6.07, 6.45) is 0.962. The van der Waals surface area contributed by atoms with Crippen LogP contribution in [0.1, 0.15) is 39.2 Å². The molecule has 5 heteroatoms. The zero-order valence-corrected chi connectivity index (χ0v) is 15.4. The molecule has 0 aromatic heterocycles. The van der Waals surface area contributed by atoms with Crippen LogP contribution in [-0.4, -0.2) is 17.9 Å². The van der Waals surface area contributed by atoms with Gasteiger partial charge in [-0.3, -0.25) is 9.59 Å². The number of amides is 2. The Kier molecular flexibility index (Phi) is 6.50. The van der Waals surface area contributed by atoms with Crippen LogP contribution in [0.3, 0.4) is 0 Å². The zero-order valence-electron chi connectivity index (χ0n) is 15.4. The first-order valence-electron chi connectivity index (χ1n) is 8.70. The van der Waals surface area contributed by atoms with E-state index in [9.17, 15) is 14.0 Å². The van der Waals surface area contributed by atoms with Crippen LogP contribution in [0.15, 0.2) is 54.6 Å². The molecule has 1 atom stereocenters. The van der Waals surface area contributed by atoms with Crippen molar-refractivity contribution < 1.29 is 14.0 Å². The molecule has 2 rings (SSSR count). The summed E-state index contributed by atoms with van der Waals surface area (Å²) in [6, 6.07) is 15.2. The number of rotatable bonds is 7. The second kappa shape index (κ2) is 8.61. The molecule has 0 spiro atoms. The third-order valence-corrected chi connectivity index (χ3v) is 4.43. The maximum Gasteiger partial charge on any atom is 0.246 e. The topological polar surface area (TPSA) is 58.2 Å². The number of para-hydroxylation sites is 1. The van der Waals surface area contributed by atoms with Crippen molar-refractivity contribution in [2.45, 2.75) is 45.1 Å². The van der Waals surface area contributed by atoms with Crippen molar-refractivity contribution in [2.24, 2.45) is 0 Å². The molecule has 4 nitrogen and oxygen atoms in total. The van der Waals surface area contributed by atoms with Gasteiger partial charge in [-0.05, 0) is 36.5 Å². The molecule has 0 bridgehead atoms. The Bertz CT molecular complexity index is 760. The molecule has 2 amide bonds. The van der Waals surface area contributed by atoms with Gasteiger partial charge in [-0.15, -0.1) is 0 Å². The van der Waals surface area contributed by atoms with Crippen molar-refractivity contribution in [2.75, 3.05) is 5.32 Å².